The zero-order valence-electron chi connectivity index (χ0n) is 14.7. The molecule has 3 rings (SSSR count). The van der Waals surface area contributed by atoms with Crippen molar-refractivity contribution in [2.75, 3.05) is 36.5 Å². The molecule has 1 aromatic carbocycles. The molecule has 0 unspecified atom stereocenters. The highest BCUT2D eigenvalue weighted by Gasteiger charge is 2.16. The predicted octanol–water partition coefficient (Wildman–Crippen LogP) is 3.75. The maximum atomic E-state index is 12.6. The summed E-state index contributed by atoms with van der Waals surface area (Å²) in [6.45, 7) is 8.91. The standard InChI is InChI=1S/C19H22ClN3O2/c1-12-10-15(16(20)11-13(12)2)19(24)22-17-4-5-18(21-14(17)3)23-6-8-25-9-7-23/h4-5,10-11H,6-9H2,1-3H3,(H,22,24). The monoisotopic (exact) mass is 359 g/mol. The lowest BCUT2D eigenvalue weighted by molar-refractivity contribution is 0.102. The van der Waals surface area contributed by atoms with Crippen LogP contribution in [0.25, 0.3) is 0 Å². The summed E-state index contributed by atoms with van der Waals surface area (Å²) in [5, 5.41) is 3.37. The summed E-state index contributed by atoms with van der Waals surface area (Å²) < 4.78 is 5.37. The molecule has 1 aliphatic heterocycles. The van der Waals surface area contributed by atoms with E-state index >= 15 is 0 Å². The summed E-state index contributed by atoms with van der Waals surface area (Å²) >= 11 is 6.23. The van der Waals surface area contributed by atoms with Crippen molar-refractivity contribution in [2.24, 2.45) is 0 Å². The molecule has 25 heavy (non-hydrogen) atoms. The first-order valence-corrected chi connectivity index (χ1v) is 8.72. The van der Waals surface area contributed by atoms with Gasteiger partial charge in [0.1, 0.15) is 5.82 Å². The third-order valence-electron chi connectivity index (χ3n) is 4.48. The van der Waals surface area contributed by atoms with Gasteiger partial charge < -0.3 is 15.0 Å². The lowest BCUT2D eigenvalue weighted by Crippen LogP contribution is -2.36. The number of pyridine rings is 1. The van der Waals surface area contributed by atoms with Gasteiger partial charge in [-0.15, -0.1) is 0 Å². The number of anilines is 2. The maximum absolute atomic E-state index is 12.6. The van der Waals surface area contributed by atoms with E-state index < -0.39 is 0 Å². The molecule has 0 atom stereocenters. The molecule has 0 spiro atoms. The number of carbonyl (C=O) groups excluding carboxylic acids is 1. The molecular formula is C19H22ClN3O2. The molecule has 6 heteroatoms. The normalized spacial score (nSPS) is 14.5. The molecular weight excluding hydrogens is 338 g/mol. The van der Waals surface area contributed by atoms with Crippen molar-refractivity contribution >= 4 is 29.0 Å². The van der Waals surface area contributed by atoms with Gasteiger partial charge in [0, 0.05) is 13.1 Å². The van der Waals surface area contributed by atoms with Gasteiger partial charge in [-0.05, 0) is 56.2 Å². The molecule has 0 bridgehead atoms. The van der Waals surface area contributed by atoms with Crippen molar-refractivity contribution in [3.63, 3.8) is 0 Å². The second kappa shape index (κ2) is 7.42. The molecule has 5 nitrogen and oxygen atoms in total. The van der Waals surface area contributed by atoms with E-state index in [1.54, 1.807) is 0 Å². The summed E-state index contributed by atoms with van der Waals surface area (Å²) in [5.41, 5.74) is 4.04. The first kappa shape index (κ1) is 17.7. The lowest BCUT2D eigenvalue weighted by atomic mass is 10.1. The zero-order chi connectivity index (χ0) is 18.0. The minimum atomic E-state index is -0.225. The summed E-state index contributed by atoms with van der Waals surface area (Å²) in [6, 6.07) is 7.45. The van der Waals surface area contributed by atoms with E-state index in [1.807, 2.05) is 45.0 Å². The number of amides is 1. The number of hydrogen-bond acceptors (Lipinski definition) is 4. The largest absolute Gasteiger partial charge is 0.378 e. The number of rotatable bonds is 3. The van der Waals surface area contributed by atoms with E-state index in [4.69, 9.17) is 16.3 Å². The van der Waals surface area contributed by atoms with Gasteiger partial charge in [-0.1, -0.05) is 11.6 Å². The van der Waals surface area contributed by atoms with Gasteiger partial charge in [0.05, 0.1) is 35.2 Å². The fraction of sp³-hybridized carbons (Fsp3) is 0.368. The predicted molar refractivity (Wildman–Crippen MR) is 101 cm³/mol. The van der Waals surface area contributed by atoms with Gasteiger partial charge in [-0.3, -0.25) is 4.79 Å². The first-order chi connectivity index (χ1) is 12.0. The highest BCUT2D eigenvalue weighted by molar-refractivity contribution is 6.34. The van der Waals surface area contributed by atoms with Crippen LogP contribution in [0.4, 0.5) is 11.5 Å². The number of aryl methyl sites for hydroxylation is 3. The van der Waals surface area contributed by atoms with Crippen LogP contribution in [0.1, 0.15) is 27.2 Å². The van der Waals surface area contributed by atoms with Gasteiger partial charge in [0.25, 0.3) is 5.91 Å². The molecule has 1 fully saturated rings. The van der Waals surface area contributed by atoms with Crippen molar-refractivity contribution in [1.29, 1.82) is 0 Å². The number of aromatic nitrogens is 1. The third kappa shape index (κ3) is 3.94. The van der Waals surface area contributed by atoms with Crippen LogP contribution >= 0.6 is 11.6 Å². The molecule has 0 radical (unpaired) electrons. The Kier molecular flexibility index (Phi) is 5.25. The smallest absolute Gasteiger partial charge is 0.257 e. The average Bonchev–Trinajstić information content (AvgIpc) is 2.60. The highest BCUT2D eigenvalue weighted by Crippen LogP contribution is 2.24. The highest BCUT2D eigenvalue weighted by atomic mass is 35.5. The molecule has 1 aliphatic rings. The Bertz CT molecular complexity index is 801. The summed E-state index contributed by atoms with van der Waals surface area (Å²) in [7, 11) is 0. The van der Waals surface area contributed by atoms with E-state index in [0.717, 1.165) is 35.7 Å². The summed E-state index contributed by atoms with van der Waals surface area (Å²) in [4.78, 5) is 19.4. The lowest BCUT2D eigenvalue weighted by Gasteiger charge is -2.28. The fourth-order valence-corrected chi connectivity index (χ4v) is 3.10. The molecule has 1 N–H and O–H groups in total. The number of ether oxygens (including phenoxy) is 1. The van der Waals surface area contributed by atoms with Gasteiger partial charge >= 0.3 is 0 Å². The molecule has 132 valence electrons. The fourth-order valence-electron chi connectivity index (χ4n) is 2.79. The second-order valence-electron chi connectivity index (χ2n) is 6.27. The van der Waals surface area contributed by atoms with Crippen molar-refractivity contribution in [3.8, 4) is 0 Å². The Labute approximate surface area is 153 Å². The number of carbonyl (C=O) groups is 1. The van der Waals surface area contributed by atoms with Gasteiger partial charge in [0.2, 0.25) is 0 Å². The van der Waals surface area contributed by atoms with Gasteiger partial charge in [0.15, 0.2) is 0 Å². The Hall–Kier alpha value is -2.11. The van der Waals surface area contributed by atoms with Crippen LogP contribution in [0.5, 0.6) is 0 Å². The van der Waals surface area contributed by atoms with Crippen LogP contribution in [0.3, 0.4) is 0 Å². The molecule has 0 aliphatic carbocycles. The van der Waals surface area contributed by atoms with E-state index in [2.05, 4.69) is 15.2 Å². The van der Waals surface area contributed by atoms with Crippen molar-refractivity contribution in [1.82, 2.24) is 4.98 Å². The van der Waals surface area contributed by atoms with Crippen LogP contribution in [0.15, 0.2) is 24.3 Å². The maximum Gasteiger partial charge on any atom is 0.257 e. The van der Waals surface area contributed by atoms with E-state index in [9.17, 15) is 4.79 Å². The Morgan fingerprint density at radius 3 is 2.52 bits per heavy atom. The number of halogens is 1. The van der Waals surface area contributed by atoms with Crippen LogP contribution in [-0.4, -0.2) is 37.2 Å². The zero-order valence-corrected chi connectivity index (χ0v) is 15.5. The first-order valence-electron chi connectivity index (χ1n) is 8.34. The minimum absolute atomic E-state index is 0.225. The number of hydrogen-bond donors (Lipinski definition) is 1. The van der Waals surface area contributed by atoms with Gasteiger partial charge in [-0.2, -0.15) is 0 Å². The van der Waals surface area contributed by atoms with E-state index in [0.29, 0.717) is 29.5 Å². The number of nitrogens with zero attached hydrogens (tertiary/aromatic N) is 2. The molecule has 1 amide bonds. The number of nitrogens with one attached hydrogen (secondary N) is 1. The average molecular weight is 360 g/mol. The van der Waals surface area contributed by atoms with Gasteiger partial charge in [-0.25, -0.2) is 4.98 Å². The molecule has 2 aromatic rings. The minimum Gasteiger partial charge on any atom is -0.378 e. The summed E-state index contributed by atoms with van der Waals surface area (Å²) in [5.74, 6) is 0.681. The third-order valence-corrected chi connectivity index (χ3v) is 4.80. The Morgan fingerprint density at radius 2 is 1.84 bits per heavy atom. The van der Waals surface area contributed by atoms with Crippen LogP contribution < -0.4 is 10.2 Å². The van der Waals surface area contributed by atoms with Crippen molar-refractivity contribution in [2.45, 2.75) is 20.8 Å². The Balaban J connectivity index is 1.78. The number of benzene rings is 1. The van der Waals surface area contributed by atoms with Crippen LogP contribution in [0, 0.1) is 20.8 Å². The van der Waals surface area contributed by atoms with Crippen molar-refractivity contribution < 1.29 is 9.53 Å². The molecule has 2 heterocycles. The Morgan fingerprint density at radius 1 is 1.16 bits per heavy atom. The summed E-state index contributed by atoms with van der Waals surface area (Å²) in [6.07, 6.45) is 0. The SMILES string of the molecule is Cc1cc(Cl)c(C(=O)Nc2ccc(N3CCOCC3)nc2C)cc1C. The van der Waals surface area contributed by atoms with Crippen LogP contribution in [-0.2, 0) is 4.74 Å². The molecule has 0 saturated carbocycles. The van der Waals surface area contributed by atoms with E-state index in [-0.39, 0.29) is 5.91 Å². The number of morpholine rings is 1. The van der Waals surface area contributed by atoms with Crippen LogP contribution in [0.2, 0.25) is 5.02 Å². The quantitative estimate of drug-likeness (QED) is 0.906. The van der Waals surface area contributed by atoms with E-state index in [1.165, 1.54) is 0 Å². The topological polar surface area (TPSA) is 54.5 Å². The molecule has 1 saturated heterocycles. The second-order valence-corrected chi connectivity index (χ2v) is 6.68. The molecule has 1 aromatic heterocycles. The van der Waals surface area contributed by atoms with Crippen molar-refractivity contribution in [3.05, 3.63) is 51.7 Å².